The zero-order valence-electron chi connectivity index (χ0n) is 17.7. The minimum Gasteiger partial charge on any atom is -0.459 e. The molecule has 162 valence electrons. The number of nitrogens with zero attached hydrogens (tertiary/aromatic N) is 2. The molecule has 1 saturated heterocycles. The molecule has 1 atom stereocenters. The molecule has 0 aliphatic carbocycles. The molecule has 8 heteroatoms. The van der Waals surface area contributed by atoms with Crippen molar-refractivity contribution in [3.8, 4) is 10.8 Å². The van der Waals surface area contributed by atoms with Crippen LogP contribution in [0.2, 0.25) is 0 Å². The highest BCUT2D eigenvalue weighted by Gasteiger charge is 2.24. The van der Waals surface area contributed by atoms with E-state index in [0.717, 1.165) is 42.9 Å². The third kappa shape index (κ3) is 5.03. The van der Waals surface area contributed by atoms with Crippen molar-refractivity contribution in [2.75, 3.05) is 18.4 Å². The van der Waals surface area contributed by atoms with Crippen LogP contribution < -0.4 is 11.1 Å². The Balaban J connectivity index is 1.38. The number of anilines is 1. The fourth-order valence-electron chi connectivity index (χ4n) is 3.83. The van der Waals surface area contributed by atoms with Crippen LogP contribution >= 0.6 is 11.3 Å². The number of hydrogen-bond acceptors (Lipinski definition) is 6. The van der Waals surface area contributed by atoms with Gasteiger partial charge in [-0.3, -0.25) is 14.5 Å². The number of nitrogens with one attached hydrogen (secondary N) is 1. The molecule has 2 amide bonds. The number of primary amides is 1. The maximum atomic E-state index is 12.8. The average Bonchev–Trinajstić information content (AvgIpc) is 3.35. The van der Waals surface area contributed by atoms with Gasteiger partial charge in [-0.1, -0.05) is 12.1 Å². The number of rotatable bonds is 6. The van der Waals surface area contributed by atoms with Gasteiger partial charge >= 0.3 is 0 Å². The van der Waals surface area contributed by atoms with Gasteiger partial charge in [0.15, 0.2) is 10.8 Å². The monoisotopic (exact) mass is 438 g/mol. The van der Waals surface area contributed by atoms with E-state index in [2.05, 4.69) is 15.2 Å². The number of thiazole rings is 1. The summed E-state index contributed by atoms with van der Waals surface area (Å²) in [7, 11) is 0. The van der Waals surface area contributed by atoms with Gasteiger partial charge in [-0.05, 0) is 63.1 Å². The molecule has 3 aromatic rings. The largest absolute Gasteiger partial charge is 0.459 e. The summed E-state index contributed by atoms with van der Waals surface area (Å²) in [4.78, 5) is 31.5. The maximum Gasteiger partial charge on any atom is 0.267 e. The van der Waals surface area contributed by atoms with Gasteiger partial charge < -0.3 is 15.5 Å². The number of carbonyl (C=O) groups is 2. The number of piperidine rings is 1. The summed E-state index contributed by atoms with van der Waals surface area (Å²) >= 11 is 1.32. The average molecular weight is 439 g/mol. The van der Waals surface area contributed by atoms with Gasteiger partial charge in [-0.15, -0.1) is 11.3 Å². The number of amides is 2. The van der Waals surface area contributed by atoms with E-state index in [1.54, 1.807) is 0 Å². The normalized spacial score (nSPS) is 16.9. The molecule has 1 unspecified atom stereocenters. The lowest BCUT2D eigenvalue weighted by Crippen LogP contribution is -2.40. The highest BCUT2D eigenvalue weighted by molar-refractivity contribution is 7.17. The van der Waals surface area contributed by atoms with Crippen LogP contribution in [0.1, 0.15) is 39.5 Å². The van der Waals surface area contributed by atoms with Gasteiger partial charge in [0.2, 0.25) is 5.91 Å². The highest BCUT2D eigenvalue weighted by atomic mass is 32.1. The van der Waals surface area contributed by atoms with Gasteiger partial charge in [-0.25, -0.2) is 4.98 Å². The second-order valence-corrected chi connectivity index (χ2v) is 8.97. The van der Waals surface area contributed by atoms with Crippen LogP contribution in [0.4, 0.5) is 5.69 Å². The third-order valence-electron chi connectivity index (χ3n) is 5.48. The Morgan fingerprint density at radius 1 is 1.23 bits per heavy atom. The number of aromatic nitrogens is 1. The lowest BCUT2D eigenvalue weighted by atomic mass is 9.97. The molecular weight excluding hydrogens is 412 g/mol. The van der Waals surface area contributed by atoms with Crippen LogP contribution in [-0.4, -0.2) is 34.8 Å². The minimum atomic E-state index is -0.216. The summed E-state index contributed by atoms with van der Waals surface area (Å²) in [6.07, 6.45) is 1.85. The van der Waals surface area contributed by atoms with Gasteiger partial charge in [0.05, 0.1) is 11.6 Å². The molecular formula is C23H26N4O3S. The van der Waals surface area contributed by atoms with E-state index in [1.807, 2.05) is 50.2 Å². The van der Waals surface area contributed by atoms with Gasteiger partial charge in [0.25, 0.3) is 5.91 Å². The van der Waals surface area contributed by atoms with Crippen LogP contribution in [0.25, 0.3) is 10.8 Å². The van der Waals surface area contributed by atoms with E-state index in [1.165, 1.54) is 11.3 Å². The molecule has 0 saturated carbocycles. The van der Waals surface area contributed by atoms with Gasteiger partial charge in [0.1, 0.15) is 10.6 Å². The molecule has 31 heavy (non-hydrogen) atoms. The smallest absolute Gasteiger partial charge is 0.267 e. The fourth-order valence-corrected chi connectivity index (χ4v) is 4.76. The maximum absolute atomic E-state index is 12.8. The van der Waals surface area contributed by atoms with Crippen molar-refractivity contribution in [3.63, 3.8) is 0 Å². The summed E-state index contributed by atoms with van der Waals surface area (Å²) < 4.78 is 5.62. The van der Waals surface area contributed by atoms with Gasteiger partial charge in [0, 0.05) is 18.8 Å². The Morgan fingerprint density at radius 3 is 2.68 bits per heavy atom. The summed E-state index contributed by atoms with van der Waals surface area (Å²) in [5, 5.41) is 3.64. The van der Waals surface area contributed by atoms with Gasteiger partial charge in [-0.2, -0.15) is 0 Å². The molecule has 1 aliphatic rings. The summed E-state index contributed by atoms with van der Waals surface area (Å²) in [5.41, 5.74) is 8.01. The van der Waals surface area contributed by atoms with Crippen molar-refractivity contribution in [1.29, 1.82) is 0 Å². The lowest BCUT2D eigenvalue weighted by Gasteiger charge is -2.31. The van der Waals surface area contributed by atoms with Crippen LogP contribution in [0.15, 0.2) is 40.8 Å². The Kier molecular flexibility index (Phi) is 6.20. The lowest BCUT2D eigenvalue weighted by molar-refractivity contribution is -0.123. The number of benzene rings is 1. The second kappa shape index (κ2) is 9.03. The van der Waals surface area contributed by atoms with Crippen LogP contribution in [0.5, 0.6) is 0 Å². The summed E-state index contributed by atoms with van der Waals surface area (Å²) in [6.45, 7) is 6.13. The van der Waals surface area contributed by atoms with E-state index in [9.17, 15) is 9.59 Å². The molecule has 0 radical (unpaired) electrons. The molecule has 4 rings (SSSR count). The molecule has 1 aromatic carbocycles. The molecule has 1 aliphatic heterocycles. The molecule has 7 nitrogen and oxygen atoms in total. The minimum absolute atomic E-state index is 0.0649. The predicted molar refractivity (Wildman–Crippen MR) is 121 cm³/mol. The molecule has 3 N–H and O–H groups in total. The van der Waals surface area contributed by atoms with E-state index < -0.39 is 0 Å². The number of aryl methyl sites for hydroxylation is 2. The Bertz CT molecular complexity index is 1090. The van der Waals surface area contributed by atoms with E-state index in [4.69, 9.17) is 10.2 Å². The molecule has 0 bridgehead atoms. The van der Waals surface area contributed by atoms with Crippen molar-refractivity contribution in [2.24, 2.45) is 11.7 Å². The number of furan rings is 1. The van der Waals surface area contributed by atoms with E-state index in [0.29, 0.717) is 27.9 Å². The molecule has 3 heterocycles. The molecule has 0 spiro atoms. The fraction of sp³-hybridized carbons (Fsp3) is 0.348. The summed E-state index contributed by atoms with van der Waals surface area (Å²) in [6, 6.07) is 11.5. The Labute approximate surface area is 185 Å². The Morgan fingerprint density at radius 2 is 2.00 bits per heavy atom. The first kappa shape index (κ1) is 21.3. The van der Waals surface area contributed by atoms with Crippen molar-refractivity contribution in [3.05, 3.63) is 58.3 Å². The Hall–Kier alpha value is -2.97. The number of likely N-dealkylation sites (tertiary alicyclic amines) is 1. The van der Waals surface area contributed by atoms with E-state index >= 15 is 0 Å². The number of hydrogen-bond donors (Lipinski definition) is 2. The predicted octanol–water partition coefficient (Wildman–Crippen LogP) is 3.97. The first-order valence-corrected chi connectivity index (χ1v) is 11.2. The first-order chi connectivity index (χ1) is 14.9. The third-order valence-corrected chi connectivity index (χ3v) is 6.65. The molecule has 2 aromatic heterocycles. The van der Waals surface area contributed by atoms with Crippen molar-refractivity contribution in [1.82, 2.24) is 9.88 Å². The zero-order chi connectivity index (χ0) is 22.0. The van der Waals surface area contributed by atoms with Crippen molar-refractivity contribution in [2.45, 2.75) is 33.2 Å². The SMILES string of the molecule is Cc1ccc(-c2nc(C)c(C(=O)Nc3ccc(CN4CCCC(C(N)=O)C4)cc3)s2)o1. The summed E-state index contributed by atoms with van der Waals surface area (Å²) in [5.74, 6) is 1.02. The zero-order valence-corrected chi connectivity index (χ0v) is 18.5. The second-order valence-electron chi connectivity index (χ2n) is 7.97. The van der Waals surface area contributed by atoms with Crippen molar-refractivity contribution < 1.29 is 14.0 Å². The first-order valence-electron chi connectivity index (χ1n) is 10.4. The highest BCUT2D eigenvalue weighted by Crippen LogP contribution is 2.30. The van der Waals surface area contributed by atoms with E-state index in [-0.39, 0.29) is 17.7 Å². The topological polar surface area (TPSA) is 101 Å². The van der Waals surface area contributed by atoms with Crippen LogP contribution in [-0.2, 0) is 11.3 Å². The van der Waals surface area contributed by atoms with Crippen molar-refractivity contribution >= 4 is 28.8 Å². The van der Waals surface area contributed by atoms with Crippen LogP contribution in [0.3, 0.4) is 0 Å². The quantitative estimate of drug-likeness (QED) is 0.606. The number of carbonyl (C=O) groups excluding carboxylic acids is 2. The standard InChI is InChI=1S/C23H26N4O3S/c1-14-5-10-19(30-14)23-25-15(2)20(31-23)22(29)26-18-8-6-16(7-9-18)12-27-11-3-4-17(13-27)21(24)28/h5-10,17H,3-4,11-13H2,1-2H3,(H2,24,28)(H,26,29). The molecule has 1 fully saturated rings. The van der Waals surface area contributed by atoms with Crippen LogP contribution in [0, 0.1) is 19.8 Å². The number of nitrogens with two attached hydrogens (primary N) is 1.